The first-order valence-corrected chi connectivity index (χ1v) is 8.80. The number of hydrogen-bond acceptors (Lipinski definition) is 3. The van der Waals surface area contributed by atoms with Gasteiger partial charge in [-0.05, 0) is 30.3 Å². The number of Topliss-reactive ketones (excluding diaryl/α,β-unsaturated/α-hetero) is 1. The van der Waals surface area contributed by atoms with Crippen LogP contribution in [0.4, 0.5) is 0 Å². The summed E-state index contributed by atoms with van der Waals surface area (Å²) < 4.78 is 6.20. The Hall–Kier alpha value is -2.33. The van der Waals surface area contributed by atoms with Crippen molar-refractivity contribution in [2.24, 2.45) is 0 Å². The van der Waals surface area contributed by atoms with Gasteiger partial charge >= 0.3 is 0 Å². The first kappa shape index (κ1) is 16.2. The minimum Gasteiger partial charge on any atom is -0.486 e. The largest absolute Gasteiger partial charge is 0.486 e. The molecule has 4 rings (SSSR count). The molecule has 2 aromatic carbocycles. The predicted molar refractivity (Wildman–Crippen MR) is 95.3 cm³/mol. The number of benzene rings is 2. The van der Waals surface area contributed by atoms with Gasteiger partial charge in [-0.15, -0.1) is 0 Å². The van der Waals surface area contributed by atoms with Crippen molar-refractivity contribution in [2.75, 3.05) is 13.1 Å². The summed E-state index contributed by atoms with van der Waals surface area (Å²) >= 11 is 5.98. The van der Waals surface area contributed by atoms with E-state index in [1.165, 1.54) is 0 Å². The summed E-state index contributed by atoms with van der Waals surface area (Å²) in [6, 6.07) is 14.4. The van der Waals surface area contributed by atoms with E-state index in [0.717, 1.165) is 0 Å². The Labute approximate surface area is 151 Å². The number of carbonyl (C=O) groups is 2. The maximum atomic E-state index is 12.6. The van der Waals surface area contributed by atoms with Crippen LogP contribution < -0.4 is 4.74 Å². The number of piperidine rings is 1. The Morgan fingerprint density at radius 1 is 1.08 bits per heavy atom. The van der Waals surface area contributed by atoms with Crippen LogP contribution in [0.25, 0.3) is 0 Å². The average molecular weight is 356 g/mol. The molecule has 4 nitrogen and oxygen atoms in total. The first-order valence-electron chi connectivity index (χ1n) is 8.42. The fraction of sp³-hybridized carbons (Fsp3) is 0.300. The zero-order valence-corrected chi connectivity index (χ0v) is 14.5. The Morgan fingerprint density at radius 2 is 1.80 bits per heavy atom. The fourth-order valence-corrected chi connectivity index (χ4v) is 3.80. The van der Waals surface area contributed by atoms with E-state index in [2.05, 4.69) is 0 Å². The van der Waals surface area contributed by atoms with Gasteiger partial charge < -0.3 is 9.64 Å². The molecular formula is C20H18ClNO3. The maximum Gasteiger partial charge on any atom is 0.253 e. The summed E-state index contributed by atoms with van der Waals surface area (Å²) in [4.78, 5) is 26.9. The molecule has 0 aromatic heterocycles. The molecular weight excluding hydrogens is 338 g/mol. The van der Waals surface area contributed by atoms with Crippen LogP contribution in [-0.4, -0.2) is 35.3 Å². The summed E-state index contributed by atoms with van der Waals surface area (Å²) in [7, 11) is 0. The number of rotatable bonds is 1. The second-order valence-electron chi connectivity index (χ2n) is 6.68. The molecule has 2 aliphatic heterocycles. The van der Waals surface area contributed by atoms with Gasteiger partial charge in [0.2, 0.25) is 0 Å². The highest BCUT2D eigenvalue weighted by molar-refractivity contribution is 6.31. The van der Waals surface area contributed by atoms with Crippen LogP contribution in [0.5, 0.6) is 5.75 Å². The van der Waals surface area contributed by atoms with Crippen molar-refractivity contribution in [1.82, 2.24) is 4.90 Å². The van der Waals surface area contributed by atoms with Gasteiger partial charge in [-0.2, -0.15) is 0 Å². The van der Waals surface area contributed by atoms with Gasteiger partial charge in [0.25, 0.3) is 5.91 Å². The molecule has 2 aromatic rings. The molecule has 0 saturated carbocycles. The zero-order valence-electron chi connectivity index (χ0n) is 13.7. The van der Waals surface area contributed by atoms with Crippen LogP contribution >= 0.6 is 11.6 Å². The third-order valence-electron chi connectivity index (χ3n) is 5.03. The average Bonchev–Trinajstić information content (AvgIpc) is 2.63. The van der Waals surface area contributed by atoms with Crippen LogP contribution in [0.2, 0.25) is 5.02 Å². The molecule has 1 amide bonds. The van der Waals surface area contributed by atoms with Gasteiger partial charge in [0.15, 0.2) is 5.78 Å². The van der Waals surface area contributed by atoms with Gasteiger partial charge in [-0.25, -0.2) is 0 Å². The SMILES string of the molecule is O=C1CC2(CCN(C(=O)c3ccccc3)CC2)Oc2ccc(Cl)cc21. The van der Waals surface area contributed by atoms with Gasteiger partial charge in [0.1, 0.15) is 11.4 Å². The highest BCUT2D eigenvalue weighted by atomic mass is 35.5. The molecule has 1 saturated heterocycles. The summed E-state index contributed by atoms with van der Waals surface area (Å²) in [6.07, 6.45) is 1.65. The number of likely N-dealkylation sites (tertiary alicyclic amines) is 1. The molecule has 0 N–H and O–H groups in total. The van der Waals surface area contributed by atoms with Gasteiger partial charge in [0.05, 0.1) is 12.0 Å². The molecule has 2 heterocycles. The van der Waals surface area contributed by atoms with Gasteiger partial charge in [-0.3, -0.25) is 9.59 Å². The Kier molecular flexibility index (Phi) is 4.00. The number of hydrogen-bond donors (Lipinski definition) is 0. The molecule has 128 valence electrons. The van der Waals surface area contributed by atoms with Crippen molar-refractivity contribution < 1.29 is 14.3 Å². The van der Waals surface area contributed by atoms with Crippen molar-refractivity contribution in [3.63, 3.8) is 0 Å². The predicted octanol–water partition coefficient (Wildman–Crippen LogP) is 3.98. The lowest BCUT2D eigenvalue weighted by molar-refractivity contribution is -0.00570. The van der Waals surface area contributed by atoms with Crippen molar-refractivity contribution in [3.8, 4) is 5.75 Å². The van der Waals surface area contributed by atoms with E-state index in [4.69, 9.17) is 16.3 Å². The molecule has 25 heavy (non-hydrogen) atoms. The summed E-state index contributed by atoms with van der Waals surface area (Å²) in [5.41, 5.74) is 0.741. The van der Waals surface area contributed by atoms with Crippen LogP contribution in [0.3, 0.4) is 0 Å². The lowest BCUT2D eigenvalue weighted by Crippen LogP contribution is -2.52. The highest BCUT2D eigenvalue weighted by Gasteiger charge is 2.43. The molecule has 5 heteroatoms. The molecule has 0 aliphatic carbocycles. The molecule has 0 radical (unpaired) electrons. The molecule has 0 bridgehead atoms. The van der Waals surface area contributed by atoms with Gasteiger partial charge in [0, 0.05) is 36.5 Å². The van der Waals surface area contributed by atoms with Crippen molar-refractivity contribution in [2.45, 2.75) is 24.9 Å². The first-order chi connectivity index (χ1) is 12.1. The van der Waals surface area contributed by atoms with E-state index in [9.17, 15) is 9.59 Å². The second-order valence-corrected chi connectivity index (χ2v) is 7.12. The number of ether oxygens (including phenoxy) is 1. The number of ketones is 1. The quantitative estimate of drug-likeness (QED) is 0.777. The van der Waals surface area contributed by atoms with Crippen LogP contribution in [0, 0.1) is 0 Å². The lowest BCUT2D eigenvalue weighted by Gasteiger charge is -2.44. The van der Waals surface area contributed by atoms with E-state index in [1.807, 2.05) is 35.2 Å². The smallest absolute Gasteiger partial charge is 0.253 e. The maximum absolute atomic E-state index is 12.6. The van der Waals surface area contributed by atoms with Crippen molar-refractivity contribution in [3.05, 3.63) is 64.7 Å². The fourth-order valence-electron chi connectivity index (χ4n) is 3.63. The van der Waals surface area contributed by atoms with Crippen LogP contribution in [-0.2, 0) is 0 Å². The standard InChI is InChI=1S/C20H18ClNO3/c21-15-6-7-18-16(12-15)17(23)13-20(25-18)8-10-22(11-9-20)19(24)14-4-2-1-3-5-14/h1-7,12H,8-11,13H2. The Balaban J connectivity index is 1.49. The lowest BCUT2D eigenvalue weighted by atomic mass is 9.82. The number of amides is 1. The van der Waals surface area contributed by atoms with E-state index < -0.39 is 5.60 Å². The number of halogens is 1. The van der Waals surface area contributed by atoms with E-state index in [1.54, 1.807) is 18.2 Å². The Morgan fingerprint density at radius 3 is 2.52 bits per heavy atom. The van der Waals surface area contributed by atoms with Crippen molar-refractivity contribution in [1.29, 1.82) is 0 Å². The highest BCUT2D eigenvalue weighted by Crippen LogP contribution is 2.40. The topological polar surface area (TPSA) is 46.6 Å². The number of fused-ring (bicyclic) bond motifs is 1. The van der Waals surface area contributed by atoms with Crippen LogP contribution in [0.1, 0.15) is 40.0 Å². The summed E-state index contributed by atoms with van der Waals surface area (Å²) in [5.74, 6) is 0.694. The number of nitrogens with zero attached hydrogens (tertiary/aromatic N) is 1. The third kappa shape index (κ3) is 3.02. The van der Waals surface area contributed by atoms with E-state index >= 15 is 0 Å². The zero-order chi connectivity index (χ0) is 17.4. The van der Waals surface area contributed by atoms with Crippen molar-refractivity contribution >= 4 is 23.3 Å². The summed E-state index contributed by atoms with van der Waals surface area (Å²) in [6.45, 7) is 1.17. The minimum atomic E-state index is -0.509. The molecule has 1 spiro atoms. The Bertz CT molecular complexity index is 826. The normalized spacial score (nSPS) is 18.6. The van der Waals surface area contributed by atoms with E-state index in [0.29, 0.717) is 54.3 Å². The van der Waals surface area contributed by atoms with Gasteiger partial charge in [-0.1, -0.05) is 29.8 Å². The number of carbonyl (C=O) groups excluding carboxylic acids is 2. The molecule has 2 aliphatic rings. The molecule has 0 unspecified atom stereocenters. The summed E-state index contributed by atoms with van der Waals surface area (Å²) in [5, 5.41) is 0.537. The second kappa shape index (κ2) is 6.19. The molecule has 1 fully saturated rings. The third-order valence-corrected chi connectivity index (χ3v) is 5.27. The van der Waals surface area contributed by atoms with E-state index in [-0.39, 0.29) is 11.7 Å². The van der Waals surface area contributed by atoms with Crippen LogP contribution in [0.15, 0.2) is 48.5 Å². The molecule has 0 atom stereocenters. The monoisotopic (exact) mass is 355 g/mol. The minimum absolute atomic E-state index is 0.0322.